The second-order valence-electron chi connectivity index (χ2n) is 5.41. The fraction of sp³-hybridized carbons (Fsp3) is 0.692. The first-order valence-corrected chi connectivity index (χ1v) is 6.95. The highest BCUT2D eigenvalue weighted by Gasteiger charge is 2.19. The molecule has 1 atom stereocenters. The number of nitrogens with two attached hydrogens (primary N) is 1. The molecule has 96 valence electrons. The molecule has 0 spiro atoms. The predicted molar refractivity (Wildman–Crippen MR) is 72.4 cm³/mol. The van der Waals surface area contributed by atoms with E-state index < -0.39 is 0 Å². The monoisotopic (exact) mass is 254 g/mol. The van der Waals surface area contributed by atoms with Gasteiger partial charge in [0.25, 0.3) is 0 Å². The minimum absolute atomic E-state index is 0.0450. The van der Waals surface area contributed by atoms with Gasteiger partial charge in [-0.25, -0.2) is 4.98 Å². The van der Waals surface area contributed by atoms with E-state index in [2.05, 4.69) is 25.8 Å². The lowest BCUT2D eigenvalue weighted by Gasteiger charge is -2.14. The van der Waals surface area contributed by atoms with Gasteiger partial charge >= 0.3 is 0 Å². The molecule has 1 aromatic rings. The van der Waals surface area contributed by atoms with Crippen molar-refractivity contribution in [2.75, 3.05) is 0 Å². The van der Waals surface area contributed by atoms with Gasteiger partial charge in [0, 0.05) is 10.8 Å². The third kappa shape index (κ3) is 4.21. The zero-order chi connectivity index (χ0) is 13.1. The fourth-order valence-electron chi connectivity index (χ4n) is 1.49. The summed E-state index contributed by atoms with van der Waals surface area (Å²) in [5.41, 5.74) is 6.89. The van der Waals surface area contributed by atoms with E-state index in [-0.39, 0.29) is 17.2 Å². The van der Waals surface area contributed by atoms with E-state index in [4.69, 9.17) is 5.73 Å². The molecule has 3 nitrogen and oxygen atoms in total. The Morgan fingerprint density at radius 1 is 1.53 bits per heavy atom. The molecule has 0 saturated carbocycles. The summed E-state index contributed by atoms with van der Waals surface area (Å²) in [6.45, 7) is 8.40. The van der Waals surface area contributed by atoms with Crippen LogP contribution in [0.4, 0.5) is 0 Å². The van der Waals surface area contributed by atoms with Crippen LogP contribution in [-0.4, -0.2) is 16.8 Å². The van der Waals surface area contributed by atoms with Gasteiger partial charge in [0.1, 0.15) is 5.01 Å². The maximum absolute atomic E-state index is 11.8. The van der Waals surface area contributed by atoms with Gasteiger partial charge < -0.3 is 5.73 Å². The Morgan fingerprint density at radius 2 is 2.18 bits per heavy atom. The topological polar surface area (TPSA) is 56.0 Å². The van der Waals surface area contributed by atoms with Crippen molar-refractivity contribution in [1.82, 2.24) is 4.98 Å². The molecule has 0 fully saturated rings. The van der Waals surface area contributed by atoms with Crippen LogP contribution in [0.5, 0.6) is 0 Å². The van der Waals surface area contributed by atoms with Crippen LogP contribution >= 0.6 is 11.3 Å². The first-order chi connectivity index (χ1) is 7.84. The number of rotatable bonds is 5. The molecule has 1 rings (SSSR count). The molecular weight excluding hydrogens is 232 g/mol. The molecule has 0 radical (unpaired) electrons. The number of hydrogen-bond acceptors (Lipinski definition) is 4. The molecule has 0 amide bonds. The van der Waals surface area contributed by atoms with Crippen molar-refractivity contribution in [1.29, 1.82) is 0 Å². The molecule has 1 unspecified atom stereocenters. The van der Waals surface area contributed by atoms with Gasteiger partial charge in [0.15, 0.2) is 5.78 Å². The molecule has 1 aromatic heterocycles. The molecule has 0 aliphatic rings. The Kier molecular flexibility index (Phi) is 4.83. The van der Waals surface area contributed by atoms with E-state index in [0.717, 1.165) is 23.5 Å². The third-order valence-corrected chi connectivity index (χ3v) is 3.51. The molecule has 2 N–H and O–H groups in total. The number of ketones is 1. The summed E-state index contributed by atoms with van der Waals surface area (Å²) in [5.74, 6) is 0.0988. The molecule has 17 heavy (non-hydrogen) atoms. The maximum atomic E-state index is 11.8. The number of thiazole rings is 1. The quantitative estimate of drug-likeness (QED) is 0.879. The normalized spacial score (nSPS) is 13.7. The van der Waals surface area contributed by atoms with Crippen LogP contribution < -0.4 is 5.73 Å². The highest BCUT2D eigenvalue weighted by atomic mass is 32.1. The van der Waals surface area contributed by atoms with Gasteiger partial charge in [-0.15, -0.1) is 11.3 Å². The van der Waals surface area contributed by atoms with Gasteiger partial charge in [-0.3, -0.25) is 4.79 Å². The Morgan fingerprint density at radius 3 is 2.65 bits per heavy atom. The Bertz CT molecular complexity index is 379. The minimum atomic E-state index is -0.331. The lowest BCUT2D eigenvalue weighted by Crippen LogP contribution is -2.31. The summed E-state index contributed by atoms with van der Waals surface area (Å²) < 4.78 is 0. The Hall–Kier alpha value is -0.740. The summed E-state index contributed by atoms with van der Waals surface area (Å²) in [5, 5.41) is 2.92. The van der Waals surface area contributed by atoms with Crippen molar-refractivity contribution >= 4 is 17.1 Å². The van der Waals surface area contributed by atoms with E-state index >= 15 is 0 Å². The van der Waals surface area contributed by atoms with Gasteiger partial charge in [-0.1, -0.05) is 34.1 Å². The summed E-state index contributed by atoms with van der Waals surface area (Å²) in [4.78, 5) is 16.3. The molecule has 0 bridgehead atoms. The molecule has 0 aliphatic heterocycles. The zero-order valence-corrected chi connectivity index (χ0v) is 11.9. The second kappa shape index (κ2) is 5.74. The zero-order valence-electron chi connectivity index (χ0n) is 11.1. The lowest BCUT2D eigenvalue weighted by molar-refractivity contribution is -0.119. The van der Waals surface area contributed by atoms with Crippen molar-refractivity contribution in [3.05, 3.63) is 16.1 Å². The number of carbonyl (C=O) groups excluding carboxylic acids is 1. The molecule has 0 aliphatic carbocycles. The van der Waals surface area contributed by atoms with E-state index in [1.165, 1.54) is 0 Å². The van der Waals surface area contributed by atoms with Crippen LogP contribution in [0, 0.1) is 0 Å². The van der Waals surface area contributed by atoms with Crippen LogP contribution in [-0.2, 0) is 16.6 Å². The number of Topliss-reactive ketones (excluding diaryl/α,β-unsaturated/α-hetero) is 1. The largest absolute Gasteiger partial charge is 0.321 e. The van der Waals surface area contributed by atoms with Crippen molar-refractivity contribution in [2.24, 2.45) is 5.73 Å². The summed E-state index contributed by atoms with van der Waals surface area (Å²) >= 11 is 1.55. The highest BCUT2D eigenvalue weighted by molar-refractivity contribution is 7.09. The van der Waals surface area contributed by atoms with Gasteiger partial charge in [-0.2, -0.15) is 0 Å². The smallest absolute Gasteiger partial charge is 0.156 e. The van der Waals surface area contributed by atoms with E-state index in [0.29, 0.717) is 6.42 Å². The van der Waals surface area contributed by atoms with Gasteiger partial charge in [-0.05, 0) is 6.42 Å². The van der Waals surface area contributed by atoms with Crippen LogP contribution in [0.3, 0.4) is 0 Å². The van der Waals surface area contributed by atoms with E-state index in [1.807, 2.05) is 12.3 Å². The van der Waals surface area contributed by atoms with Gasteiger partial charge in [0.2, 0.25) is 0 Å². The first kappa shape index (κ1) is 14.3. The molecular formula is C13H22N2OS. The van der Waals surface area contributed by atoms with Crippen molar-refractivity contribution in [2.45, 2.75) is 58.4 Å². The number of aromatic nitrogens is 1. The van der Waals surface area contributed by atoms with Crippen LogP contribution in [0.2, 0.25) is 0 Å². The maximum Gasteiger partial charge on any atom is 0.156 e. The van der Waals surface area contributed by atoms with Crippen LogP contribution in [0.1, 0.15) is 51.2 Å². The van der Waals surface area contributed by atoms with E-state index in [1.54, 1.807) is 11.3 Å². The Labute approximate surface area is 107 Å². The molecule has 1 heterocycles. The SMILES string of the molecule is CCCC(N)C(=O)Cc1nc(C(C)(C)C)cs1. The minimum Gasteiger partial charge on any atom is -0.321 e. The first-order valence-electron chi connectivity index (χ1n) is 6.07. The summed E-state index contributed by atoms with van der Waals surface area (Å²) in [6, 6.07) is -0.331. The van der Waals surface area contributed by atoms with Crippen molar-refractivity contribution in [3.63, 3.8) is 0 Å². The van der Waals surface area contributed by atoms with E-state index in [9.17, 15) is 4.79 Å². The standard InChI is InChI=1S/C13H22N2OS/c1-5-6-9(14)10(16)7-12-15-11(8-17-12)13(2,3)4/h8-9H,5-7,14H2,1-4H3. The van der Waals surface area contributed by atoms with Gasteiger partial charge in [0.05, 0.1) is 18.2 Å². The van der Waals surface area contributed by atoms with Crippen LogP contribution in [0.15, 0.2) is 5.38 Å². The van der Waals surface area contributed by atoms with Crippen molar-refractivity contribution < 1.29 is 4.79 Å². The molecule has 4 heteroatoms. The highest BCUT2D eigenvalue weighted by Crippen LogP contribution is 2.24. The second-order valence-corrected chi connectivity index (χ2v) is 6.36. The summed E-state index contributed by atoms with van der Waals surface area (Å²) in [6.07, 6.45) is 2.08. The average Bonchev–Trinajstić information content (AvgIpc) is 2.66. The fourth-order valence-corrected chi connectivity index (χ4v) is 2.52. The van der Waals surface area contributed by atoms with Crippen molar-refractivity contribution in [3.8, 4) is 0 Å². The third-order valence-electron chi connectivity index (χ3n) is 2.66. The lowest BCUT2D eigenvalue weighted by atomic mass is 9.93. The summed E-state index contributed by atoms with van der Waals surface area (Å²) in [7, 11) is 0. The average molecular weight is 254 g/mol. The van der Waals surface area contributed by atoms with Crippen LogP contribution in [0.25, 0.3) is 0 Å². The number of nitrogens with zero attached hydrogens (tertiary/aromatic N) is 1. The number of carbonyl (C=O) groups is 1. The molecule has 0 aromatic carbocycles. The molecule has 0 saturated heterocycles. The Balaban J connectivity index is 2.64. The predicted octanol–water partition coefficient (Wildman–Crippen LogP) is 2.68. The number of hydrogen-bond donors (Lipinski definition) is 1.